The van der Waals surface area contributed by atoms with E-state index in [0.717, 1.165) is 6.54 Å². The van der Waals surface area contributed by atoms with E-state index in [1.165, 1.54) is 19.1 Å². The molecule has 2 heterocycles. The zero-order valence-electron chi connectivity index (χ0n) is 20.4. The fourth-order valence-electron chi connectivity index (χ4n) is 4.46. The molecule has 1 fully saturated rings. The molecule has 9 heteroatoms. The van der Waals surface area contributed by atoms with Crippen molar-refractivity contribution in [2.24, 2.45) is 0 Å². The summed E-state index contributed by atoms with van der Waals surface area (Å²) in [6, 6.07) is 9.36. The van der Waals surface area contributed by atoms with E-state index in [1.54, 1.807) is 36.4 Å². The van der Waals surface area contributed by atoms with Crippen LogP contribution in [0.5, 0.6) is 23.0 Å². The number of methoxy groups -OCH3 is 2. The minimum atomic E-state index is -0.851. The lowest BCUT2D eigenvalue weighted by molar-refractivity contribution is -0.140. The van der Waals surface area contributed by atoms with Gasteiger partial charge in [-0.1, -0.05) is 12.1 Å². The molecule has 0 saturated carbocycles. The van der Waals surface area contributed by atoms with E-state index in [1.807, 2.05) is 19.0 Å². The van der Waals surface area contributed by atoms with Crippen molar-refractivity contribution in [3.8, 4) is 23.0 Å². The van der Waals surface area contributed by atoms with Crippen molar-refractivity contribution in [1.82, 2.24) is 9.80 Å². The van der Waals surface area contributed by atoms with Gasteiger partial charge < -0.3 is 33.9 Å². The largest absolute Gasteiger partial charge is 0.507 e. The van der Waals surface area contributed by atoms with Crippen molar-refractivity contribution >= 4 is 17.4 Å². The van der Waals surface area contributed by atoms with Crippen LogP contribution in [0.2, 0.25) is 0 Å². The monoisotopic (exact) mass is 482 g/mol. The van der Waals surface area contributed by atoms with Crippen LogP contribution in [0.3, 0.4) is 0 Å². The molecule has 0 unspecified atom stereocenters. The van der Waals surface area contributed by atoms with Gasteiger partial charge in [0.1, 0.15) is 19.0 Å². The summed E-state index contributed by atoms with van der Waals surface area (Å²) in [6.45, 7) is 1.87. The summed E-state index contributed by atoms with van der Waals surface area (Å²) < 4.78 is 22.3. The Morgan fingerprint density at radius 3 is 2.51 bits per heavy atom. The molecule has 1 atom stereocenters. The van der Waals surface area contributed by atoms with Crippen molar-refractivity contribution in [3.63, 3.8) is 0 Å². The van der Waals surface area contributed by atoms with E-state index >= 15 is 0 Å². The highest BCUT2D eigenvalue weighted by atomic mass is 16.6. The number of fused-ring (bicyclic) bond motifs is 1. The first kappa shape index (κ1) is 24.4. The third-order valence-electron chi connectivity index (χ3n) is 6.09. The van der Waals surface area contributed by atoms with Crippen molar-refractivity contribution in [3.05, 3.63) is 53.1 Å². The van der Waals surface area contributed by atoms with Gasteiger partial charge in [-0.15, -0.1) is 0 Å². The van der Waals surface area contributed by atoms with Crippen LogP contribution in [0.15, 0.2) is 42.0 Å². The maximum absolute atomic E-state index is 13.3. The molecule has 1 amide bonds. The minimum absolute atomic E-state index is 0.0110. The number of para-hydroxylation sites is 1. The summed E-state index contributed by atoms with van der Waals surface area (Å²) in [7, 11) is 6.91. The van der Waals surface area contributed by atoms with Crippen molar-refractivity contribution in [2.75, 3.05) is 54.6 Å². The number of hydrogen-bond acceptors (Lipinski definition) is 8. The lowest BCUT2D eigenvalue weighted by Gasteiger charge is -2.27. The second-order valence-corrected chi connectivity index (χ2v) is 8.59. The molecule has 9 nitrogen and oxygen atoms in total. The average Bonchev–Trinajstić information content (AvgIpc) is 3.12. The Morgan fingerprint density at radius 1 is 1.09 bits per heavy atom. The van der Waals surface area contributed by atoms with Gasteiger partial charge in [-0.25, -0.2) is 0 Å². The molecule has 2 aromatic carbocycles. The Bertz CT molecular complexity index is 1160. The van der Waals surface area contributed by atoms with Crippen LogP contribution in [0.4, 0.5) is 0 Å². The first-order valence-corrected chi connectivity index (χ1v) is 11.4. The maximum Gasteiger partial charge on any atom is 0.295 e. The number of hydrogen-bond donors (Lipinski definition) is 1. The highest BCUT2D eigenvalue weighted by Crippen LogP contribution is 2.46. The fourth-order valence-corrected chi connectivity index (χ4v) is 4.46. The van der Waals surface area contributed by atoms with Gasteiger partial charge in [0.2, 0.25) is 0 Å². The lowest BCUT2D eigenvalue weighted by atomic mass is 9.94. The smallest absolute Gasteiger partial charge is 0.295 e. The zero-order chi connectivity index (χ0) is 25.1. The van der Waals surface area contributed by atoms with E-state index in [4.69, 9.17) is 18.9 Å². The zero-order valence-corrected chi connectivity index (χ0v) is 20.4. The number of ether oxygens (including phenoxy) is 4. The lowest BCUT2D eigenvalue weighted by Crippen LogP contribution is -2.32. The number of likely N-dealkylation sites (tertiary alicyclic amines) is 1. The molecule has 35 heavy (non-hydrogen) atoms. The minimum Gasteiger partial charge on any atom is -0.507 e. The third kappa shape index (κ3) is 4.64. The topological polar surface area (TPSA) is 97.8 Å². The van der Waals surface area contributed by atoms with Crippen LogP contribution in [0, 0.1) is 0 Å². The molecule has 4 rings (SSSR count). The van der Waals surface area contributed by atoms with Gasteiger partial charge in [-0.3, -0.25) is 9.59 Å². The SMILES string of the molecule is COc1cccc([C@@H]2/C(=C(\O)c3ccc4c(c3)OCCO4)C(=O)C(=O)N2CCCN(C)C)c1OC. The first-order valence-electron chi connectivity index (χ1n) is 11.4. The quantitative estimate of drug-likeness (QED) is 0.349. The number of amides is 1. The standard InChI is InChI=1S/C26H30N2O7/c1-27(2)11-6-12-28-22(17-7-5-8-19(32-3)25(17)33-4)21(24(30)26(28)31)23(29)16-9-10-18-20(15-16)35-14-13-34-18/h5,7-10,15,22,29H,6,11-14H2,1-4H3/b23-21+/t22-/m1/s1. The molecular formula is C26H30N2O7. The van der Waals surface area contributed by atoms with Gasteiger partial charge in [0.25, 0.3) is 11.7 Å². The second kappa shape index (κ2) is 10.3. The molecule has 2 aliphatic heterocycles. The average molecular weight is 483 g/mol. The number of aliphatic hydroxyl groups is 1. The fraction of sp³-hybridized carbons (Fsp3) is 0.385. The van der Waals surface area contributed by atoms with Gasteiger partial charge in [0.15, 0.2) is 23.0 Å². The van der Waals surface area contributed by atoms with Crippen molar-refractivity contribution < 1.29 is 33.6 Å². The van der Waals surface area contributed by atoms with Crippen LogP contribution in [-0.4, -0.2) is 81.2 Å². The maximum atomic E-state index is 13.3. The number of nitrogens with zero attached hydrogens (tertiary/aromatic N) is 2. The number of Topliss-reactive ketones (excluding diaryl/α,β-unsaturated/α-hetero) is 1. The molecule has 2 aromatic rings. The molecule has 0 aromatic heterocycles. The summed E-state index contributed by atoms with van der Waals surface area (Å²) >= 11 is 0. The van der Waals surface area contributed by atoms with E-state index < -0.39 is 17.7 Å². The number of carbonyl (C=O) groups excluding carboxylic acids is 2. The predicted molar refractivity (Wildman–Crippen MR) is 129 cm³/mol. The van der Waals surface area contributed by atoms with Crippen LogP contribution in [0.1, 0.15) is 23.6 Å². The van der Waals surface area contributed by atoms with Gasteiger partial charge in [-0.05, 0) is 51.3 Å². The molecule has 0 aliphatic carbocycles. The summed E-state index contributed by atoms with van der Waals surface area (Å²) in [5.41, 5.74) is 0.894. The van der Waals surface area contributed by atoms with Crippen molar-refractivity contribution in [2.45, 2.75) is 12.5 Å². The van der Waals surface area contributed by atoms with Gasteiger partial charge in [0, 0.05) is 17.7 Å². The molecule has 1 N–H and O–H groups in total. The highest BCUT2D eigenvalue weighted by Gasteiger charge is 2.47. The summed E-state index contributed by atoms with van der Waals surface area (Å²) in [4.78, 5) is 30.0. The Balaban J connectivity index is 1.86. The molecule has 0 bridgehead atoms. The third-order valence-corrected chi connectivity index (χ3v) is 6.09. The number of ketones is 1. The highest BCUT2D eigenvalue weighted by molar-refractivity contribution is 6.46. The Kier molecular flexibility index (Phi) is 7.16. The van der Waals surface area contributed by atoms with Crippen LogP contribution in [0.25, 0.3) is 5.76 Å². The number of rotatable bonds is 8. The first-order chi connectivity index (χ1) is 16.9. The molecule has 2 aliphatic rings. The predicted octanol–water partition coefficient (Wildman–Crippen LogP) is 2.85. The Hall–Kier alpha value is -3.72. The molecule has 186 valence electrons. The van der Waals surface area contributed by atoms with Gasteiger partial charge in [-0.2, -0.15) is 0 Å². The Morgan fingerprint density at radius 2 is 1.83 bits per heavy atom. The van der Waals surface area contributed by atoms with Crippen molar-refractivity contribution in [1.29, 1.82) is 0 Å². The molecular weight excluding hydrogens is 452 g/mol. The van der Waals surface area contributed by atoms with Gasteiger partial charge in [0.05, 0.1) is 25.8 Å². The van der Waals surface area contributed by atoms with E-state index in [0.29, 0.717) is 60.3 Å². The summed E-state index contributed by atoms with van der Waals surface area (Å²) in [6.07, 6.45) is 0.646. The second-order valence-electron chi connectivity index (χ2n) is 8.59. The number of benzene rings is 2. The van der Waals surface area contributed by atoms with E-state index in [-0.39, 0.29) is 11.3 Å². The molecule has 0 radical (unpaired) electrons. The molecule has 0 spiro atoms. The summed E-state index contributed by atoms with van der Waals surface area (Å²) in [5.74, 6) is 0.176. The van der Waals surface area contributed by atoms with Crippen LogP contribution >= 0.6 is 0 Å². The Labute approximate surface area is 204 Å². The van der Waals surface area contributed by atoms with E-state index in [9.17, 15) is 14.7 Å². The van der Waals surface area contributed by atoms with Crippen LogP contribution < -0.4 is 18.9 Å². The van der Waals surface area contributed by atoms with Gasteiger partial charge >= 0.3 is 0 Å². The number of carbonyl (C=O) groups is 2. The van der Waals surface area contributed by atoms with E-state index in [2.05, 4.69) is 0 Å². The number of aliphatic hydroxyl groups excluding tert-OH is 1. The van der Waals surface area contributed by atoms with Crippen LogP contribution in [-0.2, 0) is 9.59 Å². The summed E-state index contributed by atoms with van der Waals surface area (Å²) in [5, 5.41) is 11.4. The normalized spacial score (nSPS) is 18.8. The molecule has 1 saturated heterocycles.